The monoisotopic (exact) mass is 221 g/mol. The normalized spacial score (nSPS) is 8.62. The van der Waals surface area contributed by atoms with Crippen molar-refractivity contribution < 1.29 is 16.0 Å². The quantitative estimate of drug-likeness (QED) is 0.592. The van der Waals surface area contributed by atoms with Crippen LogP contribution in [0.3, 0.4) is 0 Å². The van der Waals surface area contributed by atoms with E-state index in [0.29, 0.717) is 0 Å². The molecule has 3 nitrogen and oxygen atoms in total. The van der Waals surface area contributed by atoms with Gasteiger partial charge in [0, 0.05) is 0 Å². The number of rotatable bonds is 0. The molecule has 0 atom stereocenters. The molecular formula is CH4Cl3FeN2O. The molecule has 8 heavy (non-hydrogen) atoms. The first-order valence-electron chi connectivity index (χ1n) is 1.18. The van der Waals surface area contributed by atoms with Crippen molar-refractivity contribution in [2.45, 2.75) is 0 Å². The summed E-state index contributed by atoms with van der Waals surface area (Å²) in [7, 11) is 14.7. The number of halogens is 3. The Balaban J connectivity index is 0. The summed E-state index contributed by atoms with van der Waals surface area (Å²) in [5, 5.41) is 0. The van der Waals surface area contributed by atoms with Gasteiger partial charge in [-0.05, 0) is 0 Å². The van der Waals surface area contributed by atoms with Crippen LogP contribution in [0.15, 0.2) is 0 Å². The number of hydrogen-bond acceptors (Lipinski definition) is 1. The van der Waals surface area contributed by atoms with Crippen LogP contribution in [0.2, 0.25) is 0 Å². The second kappa shape index (κ2) is 7.66. The van der Waals surface area contributed by atoms with Gasteiger partial charge in [0.2, 0.25) is 0 Å². The van der Waals surface area contributed by atoms with E-state index in [1.807, 2.05) is 0 Å². The van der Waals surface area contributed by atoms with E-state index >= 15 is 0 Å². The van der Waals surface area contributed by atoms with Crippen molar-refractivity contribution in [3.63, 3.8) is 0 Å². The summed E-state index contributed by atoms with van der Waals surface area (Å²) in [5.41, 5.74) is 8.50. The van der Waals surface area contributed by atoms with E-state index < -0.39 is 17.2 Å². The molecule has 4 N–H and O–H groups in total. The Kier molecular flexibility index (Phi) is 11.0. The average molecular weight is 222 g/mol. The van der Waals surface area contributed by atoms with E-state index in [1.54, 1.807) is 0 Å². The van der Waals surface area contributed by atoms with E-state index in [1.165, 1.54) is 0 Å². The van der Waals surface area contributed by atoms with Crippen molar-refractivity contribution in [2.75, 3.05) is 0 Å². The zero-order chi connectivity index (χ0) is 7.15. The Bertz CT molecular complexity index is 61.5. The van der Waals surface area contributed by atoms with Crippen molar-refractivity contribution in [1.29, 1.82) is 0 Å². The van der Waals surface area contributed by atoms with Gasteiger partial charge in [0.25, 0.3) is 0 Å². The fourth-order valence-corrected chi connectivity index (χ4v) is 0. The third-order valence-corrected chi connectivity index (χ3v) is 0. The van der Waals surface area contributed by atoms with E-state index in [0.717, 1.165) is 0 Å². The topological polar surface area (TPSA) is 69.1 Å². The standard InChI is InChI=1S/CH4N2O.3ClH.Fe/c2-1(3)4;;;;/h(H4,2,3,4);3*1H;/q;;;;+3/p-3. The number of amides is 2. The second-order valence-electron chi connectivity index (χ2n) is 0.554. The molecule has 0 bridgehead atoms. The Morgan fingerprint density at radius 3 is 1.25 bits per heavy atom. The van der Waals surface area contributed by atoms with Gasteiger partial charge < -0.3 is 11.5 Å². The second-order valence-corrected chi connectivity index (χ2v) is 6.03. The Morgan fingerprint density at radius 2 is 1.25 bits per heavy atom. The first-order chi connectivity index (χ1) is 3.46. The summed E-state index contributed by atoms with van der Waals surface area (Å²) < 4.78 is 0. The first-order valence-corrected chi connectivity index (χ1v) is 5.74. The minimum atomic E-state index is -1.33. The molecule has 0 aliphatic carbocycles. The van der Waals surface area contributed by atoms with E-state index in [4.69, 9.17) is 35.1 Å². The molecule has 53 valence electrons. The molecule has 0 spiro atoms. The van der Waals surface area contributed by atoms with Crippen molar-refractivity contribution in [2.24, 2.45) is 11.5 Å². The molecule has 0 aliphatic rings. The molecule has 0 aromatic heterocycles. The molecule has 0 radical (unpaired) electrons. The van der Waals surface area contributed by atoms with Crippen LogP contribution >= 0.6 is 30.3 Å². The van der Waals surface area contributed by atoms with Gasteiger partial charge in [0.1, 0.15) is 0 Å². The van der Waals surface area contributed by atoms with Gasteiger partial charge in [-0.25, -0.2) is 4.79 Å². The first kappa shape index (κ1) is 11.5. The van der Waals surface area contributed by atoms with Crippen molar-refractivity contribution in [3.05, 3.63) is 0 Å². The Morgan fingerprint density at radius 1 is 1.25 bits per heavy atom. The number of primary amides is 2. The van der Waals surface area contributed by atoms with Crippen LogP contribution in [-0.4, -0.2) is 6.03 Å². The predicted octanol–water partition coefficient (Wildman–Crippen LogP) is 1.09. The molecule has 0 saturated heterocycles. The van der Waals surface area contributed by atoms with Crippen molar-refractivity contribution in [3.8, 4) is 0 Å². The molecule has 0 saturated carbocycles. The third-order valence-electron chi connectivity index (χ3n) is 0. The predicted molar refractivity (Wildman–Crippen MR) is 31.3 cm³/mol. The van der Waals surface area contributed by atoms with Gasteiger partial charge in [0.05, 0.1) is 0 Å². The summed E-state index contributed by atoms with van der Waals surface area (Å²) in [5.74, 6) is 0. The van der Waals surface area contributed by atoms with Crippen LogP contribution in [0.4, 0.5) is 4.79 Å². The number of urea groups is 1. The van der Waals surface area contributed by atoms with Gasteiger partial charge in [-0.1, -0.05) is 0 Å². The van der Waals surface area contributed by atoms with Gasteiger partial charge >= 0.3 is 47.5 Å². The zero-order valence-corrected chi connectivity index (χ0v) is 6.92. The molecule has 0 unspecified atom stereocenters. The van der Waals surface area contributed by atoms with E-state index in [2.05, 4.69) is 11.5 Å². The molecule has 0 aromatic rings. The summed E-state index contributed by atoms with van der Waals surface area (Å²) >= 11 is -1.33. The summed E-state index contributed by atoms with van der Waals surface area (Å²) in [4.78, 5) is 9.00. The maximum absolute atomic E-state index is 9.00. The SMILES string of the molecule is NC(N)=O.[Cl][Fe]([Cl])[Cl]. The minimum absolute atomic E-state index is 0.833. The molecular weight excluding hydrogens is 218 g/mol. The van der Waals surface area contributed by atoms with Crippen LogP contribution < -0.4 is 11.5 Å². The molecule has 7 heteroatoms. The summed E-state index contributed by atoms with van der Waals surface area (Å²) in [6, 6.07) is -0.833. The number of carbonyl (C=O) groups is 1. The van der Waals surface area contributed by atoms with Gasteiger partial charge in [0.15, 0.2) is 0 Å². The number of hydrogen-bond donors (Lipinski definition) is 2. The van der Waals surface area contributed by atoms with E-state index in [-0.39, 0.29) is 0 Å². The van der Waals surface area contributed by atoms with E-state index in [9.17, 15) is 0 Å². The molecule has 0 aromatic carbocycles. The molecule has 0 rings (SSSR count). The maximum atomic E-state index is 9.00. The molecule has 0 heterocycles. The van der Waals surface area contributed by atoms with Crippen LogP contribution in [-0.2, 0) is 11.2 Å². The van der Waals surface area contributed by atoms with Crippen LogP contribution in [0.5, 0.6) is 0 Å². The number of carbonyl (C=O) groups excluding carboxylic acids is 1. The molecule has 0 aliphatic heterocycles. The average Bonchev–Trinajstić information content (AvgIpc) is 1.25. The fourth-order valence-electron chi connectivity index (χ4n) is 0. The van der Waals surface area contributed by atoms with Crippen molar-refractivity contribution >= 4 is 36.3 Å². The Labute approximate surface area is 63.8 Å². The van der Waals surface area contributed by atoms with Crippen LogP contribution in [0.1, 0.15) is 0 Å². The van der Waals surface area contributed by atoms with Gasteiger partial charge in [-0.3, -0.25) is 0 Å². The Hall–Kier alpha value is 0.659. The summed E-state index contributed by atoms with van der Waals surface area (Å²) in [6.45, 7) is 0. The van der Waals surface area contributed by atoms with Crippen LogP contribution in [0, 0.1) is 0 Å². The molecule has 0 fully saturated rings. The zero-order valence-electron chi connectivity index (χ0n) is 3.55. The van der Waals surface area contributed by atoms with Crippen LogP contribution in [0.25, 0.3) is 0 Å². The third kappa shape index (κ3) is 490. The number of nitrogens with two attached hydrogens (primary N) is 2. The molecule has 2 amide bonds. The fraction of sp³-hybridized carbons (Fsp3) is 0. The summed E-state index contributed by atoms with van der Waals surface area (Å²) in [6.07, 6.45) is 0. The van der Waals surface area contributed by atoms with Gasteiger partial charge in [-0.15, -0.1) is 0 Å². The van der Waals surface area contributed by atoms with Gasteiger partial charge in [-0.2, -0.15) is 0 Å². The van der Waals surface area contributed by atoms with Crippen molar-refractivity contribution in [1.82, 2.24) is 0 Å².